The standard InChI is InChI=1S/C6H13NO2.C6H14O2S.C6H12O.C5H13N.C5H12O.C5H10O.CH4/c1-7(2)5-4-6(8)9-3;1-3-4-5-6-9(2,7)8;1-3-5-6(7)4-2;2*1-3-4-5-6-2;1-3-4-5(2)6;/h4-5H2,1-3H3;3-6H2,1-2H3;3-5H2,1-2H3;6H,3-5H2,1-2H3;3-5H2,1-2H3;3-4H2,1-2H3;1H4. The minimum Gasteiger partial charge on any atom is -0.469 e. The Hall–Kier alpha value is -1.36. The topological polar surface area (TPSA) is 119 Å². The van der Waals surface area contributed by atoms with E-state index in [0.29, 0.717) is 24.4 Å². The predicted octanol–water partition coefficient (Wildman–Crippen LogP) is 7.55. The van der Waals surface area contributed by atoms with Crippen molar-refractivity contribution in [2.75, 3.05) is 67.1 Å². The van der Waals surface area contributed by atoms with Crippen LogP contribution in [-0.4, -0.2) is 97.9 Å². The fourth-order valence-electron chi connectivity index (χ4n) is 2.48. The van der Waals surface area contributed by atoms with Crippen LogP contribution in [0.25, 0.3) is 0 Å². The van der Waals surface area contributed by atoms with Crippen LogP contribution in [0.15, 0.2) is 0 Å². The molecule has 0 bridgehead atoms. The summed E-state index contributed by atoms with van der Waals surface area (Å²) in [5.41, 5.74) is 0. The first-order chi connectivity index (χ1) is 20.1. The summed E-state index contributed by atoms with van der Waals surface area (Å²) in [6, 6.07) is 0. The van der Waals surface area contributed by atoms with Gasteiger partial charge in [0.1, 0.15) is 21.4 Å². The second kappa shape index (κ2) is 51.2. The van der Waals surface area contributed by atoms with Crippen molar-refractivity contribution in [1.29, 1.82) is 0 Å². The molecule has 0 aliphatic heterocycles. The third-order valence-corrected chi connectivity index (χ3v) is 6.15. The minimum absolute atomic E-state index is 0. The van der Waals surface area contributed by atoms with Crippen LogP contribution in [0.5, 0.6) is 0 Å². The van der Waals surface area contributed by atoms with Crippen molar-refractivity contribution in [3.8, 4) is 0 Å². The molecule has 0 spiro atoms. The van der Waals surface area contributed by atoms with Crippen molar-refractivity contribution in [2.24, 2.45) is 0 Å². The lowest BCUT2D eigenvalue weighted by Gasteiger charge is -2.06. The second-order valence-corrected chi connectivity index (χ2v) is 12.6. The SMILES string of the molecule is C.CCCC(=O)CC.CCCC(C)=O.CCCCCS(C)(=O)=O.CCCCNC.CCCCOC.COC(=O)CCN(C)C. The summed E-state index contributed by atoms with van der Waals surface area (Å²) in [5, 5.41) is 3.07. The first kappa shape index (κ1) is 58.2. The Bertz CT molecular complexity index is 640. The first-order valence-electron chi connectivity index (χ1n) is 16.2. The van der Waals surface area contributed by atoms with Crippen LogP contribution in [0.1, 0.15) is 139 Å². The van der Waals surface area contributed by atoms with Crippen LogP contribution in [0.2, 0.25) is 0 Å². The van der Waals surface area contributed by atoms with Gasteiger partial charge in [-0.3, -0.25) is 9.59 Å². The second-order valence-electron chi connectivity index (χ2n) is 10.4. The molecule has 0 saturated heterocycles. The number of ether oxygens (including phenoxy) is 2. The van der Waals surface area contributed by atoms with Crippen LogP contribution < -0.4 is 5.32 Å². The highest BCUT2D eigenvalue weighted by atomic mass is 32.2. The van der Waals surface area contributed by atoms with Crippen LogP contribution >= 0.6 is 0 Å². The lowest BCUT2D eigenvalue weighted by Crippen LogP contribution is -2.17. The summed E-state index contributed by atoms with van der Waals surface area (Å²) in [5.74, 6) is 0.865. The predicted molar refractivity (Wildman–Crippen MR) is 193 cm³/mol. The lowest BCUT2D eigenvalue weighted by atomic mass is 10.2. The molecule has 0 aromatic carbocycles. The first-order valence-corrected chi connectivity index (χ1v) is 18.2. The zero-order valence-corrected chi connectivity index (χ0v) is 31.6. The molecule has 0 atom stereocenters. The number of sulfone groups is 1. The molecular weight excluding hydrogens is 580 g/mol. The fourth-order valence-corrected chi connectivity index (χ4v) is 3.21. The van der Waals surface area contributed by atoms with Gasteiger partial charge >= 0.3 is 5.97 Å². The lowest BCUT2D eigenvalue weighted by molar-refractivity contribution is -0.140. The molecule has 0 aliphatic carbocycles. The van der Waals surface area contributed by atoms with Crippen molar-refractivity contribution in [3.05, 3.63) is 0 Å². The Morgan fingerprint density at radius 3 is 1.45 bits per heavy atom. The molecule has 272 valence electrons. The molecule has 9 nitrogen and oxygen atoms in total. The molecule has 10 heteroatoms. The van der Waals surface area contributed by atoms with E-state index in [1.807, 2.05) is 46.8 Å². The van der Waals surface area contributed by atoms with E-state index >= 15 is 0 Å². The molecule has 0 rings (SSSR count). The number of Topliss-reactive ketones (excluding diaryl/α,β-unsaturated/α-hetero) is 2. The highest BCUT2D eigenvalue weighted by Gasteiger charge is 1.99. The van der Waals surface area contributed by atoms with E-state index in [1.165, 1.54) is 39.0 Å². The van der Waals surface area contributed by atoms with Crippen molar-refractivity contribution in [2.45, 2.75) is 139 Å². The minimum atomic E-state index is -2.70. The number of carbonyl (C=O) groups is 3. The summed E-state index contributed by atoms with van der Waals surface area (Å²) >= 11 is 0. The van der Waals surface area contributed by atoms with Crippen LogP contribution in [0.4, 0.5) is 0 Å². The number of methoxy groups -OCH3 is 2. The molecule has 0 saturated carbocycles. The normalized spacial score (nSPS) is 9.41. The largest absolute Gasteiger partial charge is 0.469 e. The number of nitrogens with one attached hydrogen (secondary N) is 1. The number of nitrogens with zero attached hydrogens (tertiary/aromatic N) is 1. The van der Waals surface area contributed by atoms with E-state index < -0.39 is 9.84 Å². The van der Waals surface area contributed by atoms with Gasteiger partial charge < -0.3 is 24.5 Å². The van der Waals surface area contributed by atoms with Crippen LogP contribution in [0, 0.1) is 0 Å². The zero-order chi connectivity index (χ0) is 35.0. The van der Waals surface area contributed by atoms with Crippen molar-refractivity contribution >= 4 is 27.4 Å². The number of hydrogen-bond donors (Lipinski definition) is 1. The number of unbranched alkanes of at least 4 members (excludes halogenated alkanes) is 4. The maximum absolute atomic E-state index is 10.5. The highest BCUT2D eigenvalue weighted by Crippen LogP contribution is 1.96. The van der Waals surface area contributed by atoms with E-state index in [2.05, 4.69) is 30.8 Å². The Morgan fingerprint density at radius 1 is 0.750 bits per heavy atom. The van der Waals surface area contributed by atoms with E-state index in [9.17, 15) is 22.8 Å². The van der Waals surface area contributed by atoms with Crippen LogP contribution in [-0.2, 0) is 33.7 Å². The molecule has 0 unspecified atom stereocenters. The summed E-state index contributed by atoms with van der Waals surface area (Å²) < 4.78 is 30.2. The third-order valence-electron chi connectivity index (χ3n) is 5.12. The summed E-state index contributed by atoms with van der Waals surface area (Å²) in [7, 11) is 6.26. The van der Waals surface area contributed by atoms with E-state index in [1.54, 1.807) is 14.0 Å². The molecule has 0 radical (unpaired) electrons. The monoisotopic (exact) mass is 659 g/mol. The third kappa shape index (κ3) is 97.1. The van der Waals surface area contributed by atoms with Crippen LogP contribution in [0.3, 0.4) is 0 Å². The van der Waals surface area contributed by atoms with Gasteiger partial charge in [-0.05, 0) is 66.7 Å². The van der Waals surface area contributed by atoms with Gasteiger partial charge in [0, 0.05) is 51.5 Å². The van der Waals surface area contributed by atoms with Gasteiger partial charge in [-0.1, -0.05) is 74.7 Å². The fraction of sp³-hybridized carbons (Fsp3) is 0.912. The molecule has 0 aliphatic rings. The van der Waals surface area contributed by atoms with Crippen molar-refractivity contribution < 1.29 is 32.3 Å². The Labute approximate surface area is 275 Å². The number of rotatable bonds is 18. The molecule has 0 aromatic heterocycles. The van der Waals surface area contributed by atoms with Gasteiger partial charge in [-0.25, -0.2) is 8.42 Å². The number of hydrogen-bond acceptors (Lipinski definition) is 9. The Morgan fingerprint density at radius 2 is 1.25 bits per heavy atom. The summed E-state index contributed by atoms with van der Waals surface area (Å²) in [6.45, 7) is 16.8. The van der Waals surface area contributed by atoms with Gasteiger partial charge in [0.15, 0.2) is 0 Å². The molecule has 44 heavy (non-hydrogen) atoms. The van der Waals surface area contributed by atoms with E-state index in [4.69, 9.17) is 4.74 Å². The number of carbonyl (C=O) groups excluding carboxylic acids is 3. The van der Waals surface area contributed by atoms with Crippen molar-refractivity contribution in [3.63, 3.8) is 0 Å². The molecule has 0 fully saturated rings. The summed E-state index contributed by atoms with van der Waals surface area (Å²) in [6.07, 6.45) is 13.9. The molecular formula is C34H78N2O7S. The number of ketones is 2. The Balaban J connectivity index is -0.0000000750. The highest BCUT2D eigenvalue weighted by molar-refractivity contribution is 7.90. The molecule has 1 N–H and O–H groups in total. The number of esters is 1. The van der Waals surface area contributed by atoms with Gasteiger partial charge in [0.05, 0.1) is 13.5 Å². The average Bonchev–Trinajstić information content (AvgIpc) is 2.94. The van der Waals surface area contributed by atoms with Gasteiger partial charge in [0.25, 0.3) is 0 Å². The zero-order valence-electron chi connectivity index (χ0n) is 30.7. The average molecular weight is 659 g/mol. The van der Waals surface area contributed by atoms with Crippen molar-refractivity contribution in [1.82, 2.24) is 10.2 Å². The molecule has 0 amide bonds. The maximum atomic E-state index is 10.5. The van der Waals surface area contributed by atoms with Gasteiger partial charge in [0.2, 0.25) is 0 Å². The quantitative estimate of drug-likeness (QED) is 0.118. The summed E-state index contributed by atoms with van der Waals surface area (Å²) in [4.78, 5) is 32.9. The van der Waals surface area contributed by atoms with Gasteiger partial charge in [-0.15, -0.1) is 0 Å². The molecule has 0 heterocycles. The Kier molecular flexibility index (Phi) is 67.8. The smallest absolute Gasteiger partial charge is 0.306 e. The van der Waals surface area contributed by atoms with E-state index in [-0.39, 0.29) is 19.2 Å². The maximum Gasteiger partial charge on any atom is 0.306 e. The van der Waals surface area contributed by atoms with Gasteiger partial charge in [-0.2, -0.15) is 0 Å². The molecule has 0 aromatic rings. The van der Waals surface area contributed by atoms with E-state index in [0.717, 1.165) is 64.6 Å².